The van der Waals surface area contributed by atoms with E-state index in [2.05, 4.69) is 21.2 Å². The van der Waals surface area contributed by atoms with Crippen LogP contribution in [0.5, 0.6) is 0 Å². The maximum absolute atomic E-state index is 14.9. The van der Waals surface area contributed by atoms with Gasteiger partial charge in [-0.2, -0.15) is 4.31 Å². The number of hydrogen-bond acceptors (Lipinski definition) is 5. The quantitative estimate of drug-likeness (QED) is 0.522. The number of piperidine rings is 1. The van der Waals surface area contributed by atoms with Crippen LogP contribution in [0.3, 0.4) is 0 Å². The second-order valence-electron chi connectivity index (χ2n) is 9.75. The smallest absolute Gasteiger partial charge is 0.221 e. The summed E-state index contributed by atoms with van der Waals surface area (Å²) in [7, 11) is -3.49. The molecule has 35 heavy (non-hydrogen) atoms. The first-order valence-corrected chi connectivity index (χ1v) is 13.7. The van der Waals surface area contributed by atoms with Crippen LogP contribution in [0.2, 0.25) is 0 Å². The summed E-state index contributed by atoms with van der Waals surface area (Å²) in [5.41, 5.74) is 3.82. The van der Waals surface area contributed by atoms with Gasteiger partial charge in [-0.3, -0.25) is 0 Å². The molecule has 0 N–H and O–H groups in total. The molecule has 3 aromatic rings. The van der Waals surface area contributed by atoms with Gasteiger partial charge in [-0.15, -0.1) is 10.2 Å². The molecule has 5 rings (SSSR count). The molecule has 0 bridgehead atoms. The molecular formula is C26H32FN5O2S. The third-order valence-electron chi connectivity index (χ3n) is 7.54. The van der Waals surface area contributed by atoms with Crippen molar-refractivity contribution in [1.29, 1.82) is 0 Å². The Kier molecular flexibility index (Phi) is 6.63. The molecule has 186 valence electrons. The van der Waals surface area contributed by atoms with Gasteiger partial charge in [-0.1, -0.05) is 36.4 Å². The molecular weight excluding hydrogens is 465 g/mol. The lowest BCUT2D eigenvalue weighted by atomic mass is 10.0. The zero-order valence-corrected chi connectivity index (χ0v) is 21.0. The van der Waals surface area contributed by atoms with Gasteiger partial charge in [0.05, 0.1) is 12.6 Å². The van der Waals surface area contributed by atoms with Crippen molar-refractivity contribution in [3.8, 4) is 0 Å². The van der Waals surface area contributed by atoms with Crippen molar-refractivity contribution in [3.63, 3.8) is 0 Å². The summed E-state index contributed by atoms with van der Waals surface area (Å²) in [6.07, 6.45) is 4.26. The van der Waals surface area contributed by atoms with E-state index in [4.69, 9.17) is 0 Å². The molecule has 4 atom stereocenters. The Hall–Kier alpha value is -2.78. The van der Waals surface area contributed by atoms with Crippen LogP contribution < -0.4 is 4.90 Å². The summed E-state index contributed by atoms with van der Waals surface area (Å²) in [6, 6.07) is 15.3. The lowest BCUT2D eigenvalue weighted by Crippen LogP contribution is -2.45. The molecule has 2 aliphatic heterocycles. The second kappa shape index (κ2) is 9.70. The Balaban J connectivity index is 1.31. The SMILES string of the molecule is Cc1cc(N2CC[C@H](n3cnnc3)[C@H](F)C2)ccc1CN1[C@@H](C)CC[C@H](c2ccccc2)S1(=O)=O. The third kappa shape index (κ3) is 4.71. The summed E-state index contributed by atoms with van der Waals surface area (Å²) in [4.78, 5) is 2.06. The predicted molar refractivity (Wildman–Crippen MR) is 134 cm³/mol. The number of nitrogens with zero attached hydrogens (tertiary/aromatic N) is 5. The zero-order chi connectivity index (χ0) is 24.6. The van der Waals surface area contributed by atoms with Gasteiger partial charge in [0.15, 0.2) is 0 Å². The van der Waals surface area contributed by atoms with E-state index in [1.807, 2.05) is 56.3 Å². The number of alkyl halides is 1. The highest BCUT2D eigenvalue weighted by atomic mass is 32.2. The first-order chi connectivity index (χ1) is 16.8. The molecule has 0 amide bonds. The normalized spacial score (nSPS) is 27.1. The van der Waals surface area contributed by atoms with Crippen LogP contribution in [-0.4, -0.2) is 52.8 Å². The minimum Gasteiger partial charge on any atom is -0.368 e. The van der Waals surface area contributed by atoms with Gasteiger partial charge in [-0.25, -0.2) is 12.8 Å². The van der Waals surface area contributed by atoms with Crippen molar-refractivity contribution < 1.29 is 12.8 Å². The Labute approximate surface area is 206 Å². The van der Waals surface area contributed by atoms with E-state index in [1.165, 1.54) is 0 Å². The summed E-state index contributed by atoms with van der Waals surface area (Å²) in [5, 5.41) is 7.10. The first kappa shape index (κ1) is 23.9. The van der Waals surface area contributed by atoms with Crippen LogP contribution >= 0.6 is 0 Å². The topological polar surface area (TPSA) is 71.3 Å². The molecule has 7 nitrogen and oxygen atoms in total. The number of hydrogen-bond donors (Lipinski definition) is 0. The predicted octanol–water partition coefficient (Wildman–Crippen LogP) is 4.43. The Morgan fingerprint density at radius 2 is 1.77 bits per heavy atom. The molecule has 2 aliphatic rings. The second-order valence-corrected chi connectivity index (χ2v) is 11.8. The Morgan fingerprint density at radius 3 is 2.46 bits per heavy atom. The fourth-order valence-electron chi connectivity index (χ4n) is 5.42. The van der Waals surface area contributed by atoms with Gasteiger partial charge < -0.3 is 9.47 Å². The van der Waals surface area contributed by atoms with Crippen molar-refractivity contribution in [2.24, 2.45) is 0 Å². The average molecular weight is 498 g/mol. The lowest BCUT2D eigenvalue weighted by Gasteiger charge is -2.38. The highest BCUT2D eigenvalue weighted by Crippen LogP contribution is 2.38. The summed E-state index contributed by atoms with van der Waals surface area (Å²) in [6.45, 7) is 5.38. The molecule has 3 heterocycles. The molecule has 2 fully saturated rings. The molecule has 9 heteroatoms. The fourth-order valence-corrected chi connectivity index (χ4v) is 7.60. The van der Waals surface area contributed by atoms with Crippen LogP contribution in [-0.2, 0) is 16.6 Å². The number of anilines is 1. The highest BCUT2D eigenvalue weighted by Gasteiger charge is 2.40. The maximum atomic E-state index is 14.9. The van der Waals surface area contributed by atoms with E-state index in [0.29, 0.717) is 25.9 Å². The van der Waals surface area contributed by atoms with Crippen LogP contribution in [0.1, 0.15) is 54.2 Å². The molecule has 2 aromatic carbocycles. The number of sulfonamides is 1. The summed E-state index contributed by atoms with van der Waals surface area (Å²) in [5.74, 6) is 0. The largest absolute Gasteiger partial charge is 0.368 e. The molecule has 1 aromatic heterocycles. The van der Waals surface area contributed by atoms with Gasteiger partial charge in [0.1, 0.15) is 24.1 Å². The van der Waals surface area contributed by atoms with E-state index < -0.39 is 21.4 Å². The van der Waals surface area contributed by atoms with Gasteiger partial charge in [0, 0.05) is 24.8 Å². The number of aryl methyl sites for hydroxylation is 1. The van der Waals surface area contributed by atoms with E-state index in [0.717, 1.165) is 35.3 Å². The monoisotopic (exact) mass is 497 g/mol. The first-order valence-electron chi connectivity index (χ1n) is 12.2. The molecule has 0 aliphatic carbocycles. The van der Waals surface area contributed by atoms with Crippen LogP contribution in [0, 0.1) is 6.92 Å². The Morgan fingerprint density at radius 1 is 1.03 bits per heavy atom. The van der Waals surface area contributed by atoms with E-state index >= 15 is 0 Å². The lowest BCUT2D eigenvalue weighted by molar-refractivity contribution is 0.199. The highest BCUT2D eigenvalue weighted by molar-refractivity contribution is 7.89. The zero-order valence-electron chi connectivity index (χ0n) is 20.2. The Bertz CT molecular complexity index is 1250. The van der Waals surface area contributed by atoms with Crippen molar-refractivity contribution >= 4 is 15.7 Å². The van der Waals surface area contributed by atoms with E-state index in [-0.39, 0.29) is 12.1 Å². The van der Waals surface area contributed by atoms with Crippen LogP contribution in [0.4, 0.5) is 10.1 Å². The molecule has 2 saturated heterocycles. The number of aromatic nitrogens is 3. The number of benzene rings is 2. The fraction of sp³-hybridized carbons (Fsp3) is 0.462. The average Bonchev–Trinajstić information content (AvgIpc) is 3.37. The van der Waals surface area contributed by atoms with Gasteiger partial charge in [-0.05, 0) is 61.9 Å². The van der Waals surface area contributed by atoms with Crippen LogP contribution in [0.25, 0.3) is 0 Å². The van der Waals surface area contributed by atoms with Gasteiger partial charge >= 0.3 is 0 Å². The summed E-state index contributed by atoms with van der Waals surface area (Å²) >= 11 is 0. The van der Waals surface area contributed by atoms with E-state index in [1.54, 1.807) is 21.5 Å². The number of rotatable bonds is 5. The van der Waals surface area contributed by atoms with Crippen molar-refractivity contribution in [1.82, 2.24) is 19.1 Å². The minimum absolute atomic E-state index is 0.0528. The molecule has 0 saturated carbocycles. The molecule has 0 radical (unpaired) electrons. The standard InChI is InChI=1S/C26H32FN5O2S/c1-19-14-23(30-13-12-25(24(27)16-30)31-17-28-29-18-31)10-9-22(19)15-32-20(2)8-11-26(35(32,33)34)21-6-4-3-5-7-21/h3-7,9-10,14,17-18,20,24-26H,8,11-13,15-16H2,1-2H3/t20-,24+,25-,26+/m0/s1. The third-order valence-corrected chi connectivity index (χ3v) is 9.91. The van der Waals surface area contributed by atoms with Crippen molar-refractivity contribution in [2.75, 3.05) is 18.0 Å². The van der Waals surface area contributed by atoms with Gasteiger partial charge in [0.2, 0.25) is 10.0 Å². The van der Waals surface area contributed by atoms with Crippen molar-refractivity contribution in [2.45, 2.75) is 63.2 Å². The van der Waals surface area contributed by atoms with E-state index in [9.17, 15) is 12.8 Å². The van der Waals surface area contributed by atoms with Gasteiger partial charge in [0.25, 0.3) is 0 Å². The maximum Gasteiger partial charge on any atom is 0.221 e. The molecule has 0 spiro atoms. The van der Waals surface area contributed by atoms with Crippen molar-refractivity contribution in [3.05, 3.63) is 77.9 Å². The molecule has 0 unspecified atom stereocenters. The van der Waals surface area contributed by atoms with Crippen LogP contribution in [0.15, 0.2) is 61.2 Å². The summed E-state index contributed by atoms with van der Waals surface area (Å²) < 4.78 is 45.5. The minimum atomic E-state index is -3.49. The number of halogens is 1.